The summed E-state index contributed by atoms with van der Waals surface area (Å²) in [5, 5.41) is 3.41. The lowest BCUT2D eigenvalue weighted by Crippen LogP contribution is -2.26. The summed E-state index contributed by atoms with van der Waals surface area (Å²) in [6.07, 6.45) is 4.55. The Morgan fingerprint density at radius 2 is 2.05 bits per heavy atom. The maximum absolute atomic E-state index is 5.21. The van der Waals surface area contributed by atoms with E-state index in [1.54, 1.807) is 7.11 Å². The molecule has 0 aliphatic carbocycles. The van der Waals surface area contributed by atoms with Crippen LogP contribution in [0, 0.1) is 6.92 Å². The molecule has 0 spiro atoms. The number of nitrogens with one attached hydrogen (secondary N) is 1. The van der Waals surface area contributed by atoms with E-state index in [2.05, 4.69) is 33.1 Å². The summed E-state index contributed by atoms with van der Waals surface area (Å²) < 4.78 is 7.35. The molecule has 1 N–H and O–H groups in total. The first kappa shape index (κ1) is 12.4. The lowest BCUT2D eigenvalue weighted by molar-refractivity contribution is 0.380. The number of aromatic nitrogens is 3. The molecule has 0 radical (unpaired) electrons. The topological polar surface area (TPSA) is 52.0 Å². The van der Waals surface area contributed by atoms with E-state index in [9.17, 15) is 0 Å². The summed E-state index contributed by atoms with van der Waals surface area (Å²) in [5.41, 5.74) is 4.49. The molecular weight excluding hydrogens is 240 g/mol. The zero-order valence-corrected chi connectivity index (χ0v) is 11.7. The van der Waals surface area contributed by atoms with Crippen LogP contribution in [0.3, 0.4) is 0 Å². The van der Waals surface area contributed by atoms with Gasteiger partial charge in [0.15, 0.2) is 0 Å². The van der Waals surface area contributed by atoms with Crippen molar-refractivity contribution in [1.82, 2.24) is 19.9 Å². The summed E-state index contributed by atoms with van der Waals surface area (Å²) >= 11 is 0. The van der Waals surface area contributed by atoms with Crippen LogP contribution in [0.15, 0.2) is 6.20 Å². The molecule has 5 nitrogen and oxygen atoms in total. The highest BCUT2D eigenvalue weighted by Crippen LogP contribution is 2.33. The van der Waals surface area contributed by atoms with Crippen molar-refractivity contribution in [1.29, 1.82) is 0 Å². The van der Waals surface area contributed by atoms with E-state index in [-0.39, 0.29) is 0 Å². The van der Waals surface area contributed by atoms with Gasteiger partial charge in [0.1, 0.15) is 0 Å². The van der Waals surface area contributed by atoms with Gasteiger partial charge in [-0.2, -0.15) is 9.97 Å². The average molecular weight is 260 g/mol. The number of methoxy groups -OCH3 is 1. The number of aryl methyl sites for hydroxylation is 2. The Bertz CT molecular complexity index is 599. The van der Waals surface area contributed by atoms with Crippen molar-refractivity contribution in [2.75, 3.05) is 20.2 Å². The van der Waals surface area contributed by atoms with Gasteiger partial charge in [-0.1, -0.05) is 0 Å². The highest BCUT2D eigenvalue weighted by molar-refractivity contribution is 5.82. The molecule has 0 amide bonds. The van der Waals surface area contributed by atoms with E-state index < -0.39 is 0 Å². The first-order chi connectivity index (χ1) is 9.20. The van der Waals surface area contributed by atoms with E-state index >= 15 is 0 Å². The van der Waals surface area contributed by atoms with E-state index in [1.807, 2.05) is 6.92 Å². The summed E-state index contributed by atoms with van der Waals surface area (Å²) in [6.45, 7) is 4.18. The summed E-state index contributed by atoms with van der Waals surface area (Å²) in [7, 11) is 3.68. The van der Waals surface area contributed by atoms with Gasteiger partial charge in [0, 0.05) is 13.2 Å². The van der Waals surface area contributed by atoms with Gasteiger partial charge >= 0.3 is 6.01 Å². The van der Waals surface area contributed by atoms with Crippen LogP contribution in [0.5, 0.6) is 6.01 Å². The van der Waals surface area contributed by atoms with E-state index in [0.717, 1.165) is 29.8 Å². The third kappa shape index (κ3) is 2.08. The number of piperidine rings is 1. The molecule has 0 aromatic carbocycles. The minimum Gasteiger partial charge on any atom is -0.467 e. The molecule has 1 saturated heterocycles. The fourth-order valence-electron chi connectivity index (χ4n) is 3.02. The Kier molecular flexibility index (Phi) is 3.14. The zero-order valence-electron chi connectivity index (χ0n) is 11.7. The van der Waals surface area contributed by atoms with Crippen LogP contribution in [0.25, 0.3) is 11.0 Å². The molecule has 19 heavy (non-hydrogen) atoms. The predicted molar refractivity (Wildman–Crippen MR) is 74.6 cm³/mol. The van der Waals surface area contributed by atoms with Crippen molar-refractivity contribution in [3.8, 4) is 6.01 Å². The maximum atomic E-state index is 5.21. The molecule has 0 unspecified atom stereocenters. The third-order valence-corrected chi connectivity index (χ3v) is 3.96. The molecule has 1 fully saturated rings. The van der Waals surface area contributed by atoms with Crippen LogP contribution in [-0.4, -0.2) is 34.7 Å². The van der Waals surface area contributed by atoms with E-state index in [4.69, 9.17) is 4.74 Å². The molecule has 0 saturated carbocycles. The van der Waals surface area contributed by atoms with Crippen molar-refractivity contribution < 1.29 is 4.74 Å². The minimum absolute atomic E-state index is 0.464. The molecule has 3 rings (SSSR count). The molecule has 0 bridgehead atoms. The molecule has 0 atom stereocenters. The second-order valence-corrected chi connectivity index (χ2v) is 5.21. The van der Waals surface area contributed by atoms with Crippen molar-refractivity contribution in [3.05, 3.63) is 17.5 Å². The molecule has 5 heteroatoms. The van der Waals surface area contributed by atoms with Crippen LogP contribution >= 0.6 is 0 Å². The Morgan fingerprint density at radius 3 is 2.74 bits per heavy atom. The molecule has 1 aliphatic rings. The maximum Gasteiger partial charge on any atom is 0.317 e. The smallest absolute Gasteiger partial charge is 0.317 e. The van der Waals surface area contributed by atoms with Crippen LogP contribution in [0.1, 0.15) is 30.0 Å². The standard InChI is InChI=1S/C14H20N4O/c1-9-13-12(17-14(16-9)19-3)11(8-18(13)2)10-4-6-15-7-5-10/h8,10,15H,4-7H2,1-3H3. The number of ether oxygens (including phenoxy) is 1. The average Bonchev–Trinajstić information content (AvgIpc) is 2.77. The van der Waals surface area contributed by atoms with Crippen LogP contribution in [0.2, 0.25) is 0 Å². The SMILES string of the molecule is COc1nc(C)c2c(n1)c(C1CCNCC1)cn2C. The first-order valence-corrected chi connectivity index (χ1v) is 6.79. The van der Waals surface area contributed by atoms with Gasteiger partial charge < -0.3 is 14.6 Å². The number of nitrogens with zero attached hydrogens (tertiary/aromatic N) is 3. The van der Waals surface area contributed by atoms with Gasteiger partial charge in [-0.15, -0.1) is 0 Å². The van der Waals surface area contributed by atoms with Gasteiger partial charge in [0.2, 0.25) is 0 Å². The fourth-order valence-corrected chi connectivity index (χ4v) is 3.02. The fraction of sp³-hybridized carbons (Fsp3) is 0.571. The lowest BCUT2D eigenvalue weighted by atomic mass is 9.91. The number of hydrogen-bond donors (Lipinski definition) is 1. The number of rotatable bonds is 2. The molecule has 3 heterocycles. The van der Waals surface area contributed by atoms with E-state index in [1.165, 1.54) is 18.4 Å². The highest BCUT2D eigenvalue weighted by Gasteiger charge is 2.22. The Labute approximate surface area is 113 Å². The van der Waals surface area contributed by atoms with Crippen molar-refractivity contribution >= 4 is 11.0 Å². The van der Waals surface area contributed by atoms with Crippen molar-refractivity contribution in [2.45, 2.75) is 25.7 Å². The second kappa shape index (κ2) is 4.81. The van der Waals surface area contributed by atoms with Gasteiger partial charge in [0.25, 0.3) is 0 Å². The largest absolute Gasteiger partial charge is 0.467 e. The monoisotopic (exact) mass is 260 g/mol. The summed E-state index contributed by atoms with van der Waals surface area (Å²) in [4.78, 5) is 8.95. The predicted octanol–water partition coefficient (Wildman–Crippen LogP) is 1.75. The van der Waals surface area contributed by atoms with Gasteiger partial charge in [-0.05, 0) is 44.3 Å². The van der Waals surface area contributed by atoms with E-state index in [0.29, 0.717) is 11.9 Å². The zero-order chi connectivity index (χ0) is 13.4. The molecule has 2 aromatic heterocycles. The Hall–Kier alpha value is -1.62. The lowest BCUT2D eigenvalue weighted by Gasteiger charge is -2.21. The quantitative estimate of drug-likeness (QED) is 0.894. The normalized spacial score (nSPS) is 17.0. The van der Waals surface area contributed by atoms with Crippen LogP contribution in [-0.2, 0) is 7.05 Å². The van der Waals surface area contributed by atoms with Gasteiger partial charge in [-0.25, -0.2) is 0 Å². The molecule has 102 valence electrons. The minimum atomic E-state index is 0.464. The third-order valence-electron chi connectivity index (χ3n) is 3.96. The second-order valence-electron chi connectivity index (χ2n) is 5.21. The van der Waals surface area contributed by atoms with Crippen LogP contribution < -0.4 is 10.1 Å². The first-order valence-electron chi connectivity index (χ1n) is 6.79. The van der Waals surface area contributed by atoms with Crippen molar-refractivity contribution in [2.24, 2.45) is 7.05 Å². The summed E-state index contributed by atoms with van der Waals surface area (Å²) in [5.74, 6) is 0.587. The highest BCUT2D eigenvalue weighted by atomic mass is 16.5. The van der Waals surface area contributed by atoms with Crippen LogP contribution in [0.4, 0.5) is 0 Å². The van der Waals surface area contributed by atoms with Gasteiger partial charge in [-0.3, -0.25) is 0 Å². The van der Waals surface area contributed by atoms with Gasteiger partial charge in [0.05, 0.1) is 23.8 Å². The number of hydrogen-bond acceptors (Lipinski definition) is 4. The van der Waals surface area contributed by atoms with Crippen molar-refractivity contribution in [3.63, 3.8) is 0 Å². The Morgan fingerprint density at radius 1 is 1.32 bits per heavy atom. The summed E-state index contributed by atoms with van der Waals surface area (Å²) in [6, 6.07) is 0.464. The number of fused-ring (bicyclic) bond motifs is 1. The molecular formula is C14H20N4O. The molecule has 2 aromatic rings. The Balaban J connectivity index is 2.16. The molecule has 1 aliphatic heterocycles.